The van der Waals surface area contributed by atoms with Crippen LogP contribution in [-0.4, -0.2) is 6.03 Å². The van der Waals surface area contributed by atoms with E-state index in [0.29, 0.717) is 22.1 Å². The average Bonchev–Trinajstić information content (AvgIpc) is 2.36. The summed E-state index contributed by atoms with van der Waals surface area (Å²) in [5.74, 6) is 0. The Hall–Kier alpha value is -2.20. The first-order valence-electron chi connectivity index (χ1n) is 5.75. The van der Waals surface area contributed by atoms with Gasteiger partial charge < -0.3 is 16.4 Å². The third-order valence-electron chi connectivity index (χ3n) is 2.58. The highest BCUT2D eigenvalue weighted by Gasteiger charge is 2.07. The third-order valence-corrected chi connectivity index (χ3v) is 2.91. The predicted molar refractivity (Wildman–Crippen MR) is 79.7 cm³/mol. The van der Waals surface area contributed by atoms with Crippen molar-refractivity contribution in [3.8, 4) is 0 Å². The van der Waals surface area contributed by atoms with Gasteiger partial charge in [0.25, 0.3) is 0 Å². The number of amides is 2. The number of carbonyl (C=O) groups excluding carboxylic acids is 1. The standard InChI is InChI=1S/C14H14ClN3O/c1-9-6-7-13(11(16)8-9)18-14(19)17-12-5-3-2-4-10(12)15/h2-8H,16H2,1H3,(H2,17,18,19). The highest BCUT2D eigenvalue weighted by molar-refractivity contribution is 6.33. The lowest BCUT2D eigenvalue weighted by Gasteiger charge is -2.11. The molecule has 0 spiro atoms. The lowest BCUT2D eigenvalue weighted by molar-refractivity contribution is 0.262. The van der Waals surface area contributed by atoms with Crippen molar-refractivity contribution < 1.29 is 4.79 Å². The Balaban J connectivity index is 2.08. The Morgan fingerprint density at radius 1 is 1.11 bits per heavy atom. The van der Waals surface area contributed by atoms with Crippen molar-refractivity contribution in [2.45, 2.75) is 6.92 Å². The molecule has 0 aliphatic rings. The van der Waals surface area contributed by atoms with Crippen LogP contribution in [0.25, 0.3) is 0 Å². The van der Waals surface area contributed by atoms with Crippen LogP contribution in [-0.2, 0) is 0 Å². The number of benzene rings is 2. The quantitative estimate of drug-likeness (QED) is 0.728. The molecule has 2 aromatic rings. The number of nitrogens with one attached hydrogen (secondary N) is 2. The van der Waals surface area contributed by atoms with Crippen LogP contribution in [0.3, 0.4) is 0 Å². The van der Waals surface area contributed by atoms with E-state index in [-0.39, 0.29) is 6.03 Å². The molecule has 4 nitrogen and oxygen atoms in total. The molecule has 0 bridgehead atoms. The molecule has 0 aromatic heterocycles. The lowest BCUT2D eigenvalue weighted by Crippen LogP contribution is -2.20. The molecule has 0 heterocycles. The van der Waals surface area contributed by atoms with E-state index in [0.717, 1.165) is 5.56 Å². The van der Waals surface area contributed by atoms with Crippen LogP contribution < -0.4 is 16.4 Å². The Morgan fingerprint density at radius 2 is 1.79 bits per heavy atom. The number of nitrogens with two attached hydrogens (primary N) is 1. The molecule has 0 saturated heterocycles. The molecule has 2 amide bonds. The highest BCUT2D eigenvalue weighted by atomic mass is 35.5. The van der Waals surface area contributed by atoms with Gasteiger partial charge in [0.05, 0.1) is 22.1 Å². The lowest BCUT2D eigenvalue weighted by atomic mass is 10.2. The topological polar surface area (TPSA) is 67.2 Å². The molecule has 0 radical (unpaired) electrons. The molecular weight excluding hydrogens is 262 g/mol. The fourth-order valence-corrected chi connectivity index (χ4v) is 1.82. The van der Waals surface area contributed by atoms with Crippen LogP contribution in [0.2, 0.25) is 5.02 Å². The molecule has 0 aliphatic carbocycles. The van der Waals surface area contributed by atoms with Gasteiger partial charge in [-0.2, -0.15) is 0 Å². The summed E-state index contributed by atoms with van der Waals surface area (Å²) in [5, 5.41) is 5.82. The summed E-state index contributed by atoms with van der Waals surface area (Å²) < 4.78 is 0. The summed E-state index contributed by atoms with van der Waals surface area (Å²) >= 11 is 5.96. The zero-order valence-electron chi connectivity index (χ0n) is 10.4. The number of rotatable bonds is 2. The van der Waals surface area contributed by atoms with Crippen molar-refractivity contribution in [2.24, 2.45) is 0 Å². The zero-order valence-corrected chi connectivity index (χ0v) is 11.2. The van der Waals surface area contributed by atoms with Gasteiger partial charge >= 0.3 is 6.03 Å². The normalized spacial score (nSPS) is 10.0. The van der Waals surface area contributed by atoms with Crippen molar-refractivity contribution in [3.63, 3.8) is 0 Å². The van der Waals surface area contributed by atoms with Gasteiger partial charge in [-0.1, -0.05) is 29.8 Å². The summed E-state index contributed by atoms with van der Waals surface area (Å²) in [4.78, 5) is 11.8. The Morgan fingerprint density at radius 3 is 2.47 bits per heavy atom. The molecular formula is C14H14ClN3O. The van der Waals surface area contributed by atoms with Crippen LogP contribution in [0.4, 0.5) is 21.9 Å². The van der Waals surface area contributed by atoms with Crippen LogP contribution >= 0.6 is 11.6 Å². The van der Waals surface area contributed by atoms with E-state index in [2.05, 4.69) is 10.6 Å². The predicted octanol–water partition coefficient (Wildman–Crippen LogP) is 3.87. The monoisotopic (exact) mass is 275 g/mol. The number of hydrogen-bond donors (Lipinski definition) is 3. The maximum Gasteiger partial charge on any atom is 0.323 e. The summed E-state index contributed by atoms with van der Waals surface area (Å²) in [6.07, 6.45) is 0. The van der Waals surface area contributed by atoms with Gasteiger partial charge in [-0.15, -0.1) is 0 Å². The number of hydrogen-bond acceptors (Lipinski definition) is 2. The SMILES string of the molecule is Cc1ccc(NC(=O)Nc2ccccc2Cl)c(N)c1. The maximum absolute atomic E-state index is 11.8. The van der Waals surface area contributed by atoms with Crippen molar-refractivity contribution in [3.05, 3.63) is 53.1 Å². The minimum absolute atomic E-state index is 0.386. The molecule has 2 rings (SSSR count). The van der Waals surface area contributed by atoms with Gasteiger partial charge in [0.1, 0.15) is 0 Å². The van der Waals surface area contributed by atoms with E-state index in [1.807, 2.05) is 13.0 Å². The molecule has 0 aliphatic heterocycles. The van der Waals surface area contributed by atoms with Gasteiger partial charge in [0, 0.05) is 0 Å². The summed E-state index contributed by atoms with van der Waals surface area (Å²) in [5.41, 5.74) is 8.50. The number of para-hydroxylation sites is 1. The number of carbonyl (C=O) groups is 1. The average molecular weight is 276 g/mol. The largest absolute Gasteiger partial charge is 0.397 e. The smallest absolute Gasteiger partial charge is 0.323 e. The van der Waals surface area contributed by atoms with Gasteiger partial charge in [-0.3, -0.25) is 0 Å². The molecule has 0 unspecified atom stereocenters. The van der Waals surface area contributed by atoms with Gasteiger partial charge in [0.15, 0.2) is 0 Å². The fourth-order valence-electron chi connectivity index (χ4n) is 1.63. The second kappa shape index (κ2) is 5.63. The van der Waals surface area contributed by atoms with E-state index in [9.17, 15) is 4.79 Å². The van der Waals surface area contributed by atoms with E-state index >= 15 is 0 Å². The maximum atomic E-state index is 11.8. The molecule has 0 saturated carbocycles. The van der Waals surface area contributed by atoms with Crippen LogP contribution in [0.15, 0.2) is 42.5 Å². The summed E-state index contributed by atoms with van der Waals surface area (Å²) in [6.45, 7) is 1.93. The van der Waals surface area contributed by atoms with Crippen molar-refractivity contribution in [1.29, 1.82) is 0 Å². The second-order valence-corrected chi connectivity index (χ2v) is 4.56. The van der Waals surface area contributed by atoms with E-state index < -0.39 is 0 Å². The molecule has 2 aromatic carbocycles. The van der Waals surface area contributed by atoms with E-state index in [1.54, 1.807) is 36.4 Å². The van der Waals surface area contributed by atoms with Crippen molar-refractivity contribution in [1.82, 2.24) is 0 Å². The van der Waals surface area contributed by atoms with Crippen molar-refractivity contribution >= 4 is 34.7 Å². The Labute approximate surface area is 116 Å². The van der Waals surface area contributed by atoms with Gasteiger partial charge in [0.2, 0.25) is 0 Å². The molecule has 5 heteroatoms. The summed E-state index contributed by atoms with van der Waals surface area (Å²) in [7, 11) is 0. The number of halogens is 1. The van der Waals surface area contributed by atoms with E-state index in [1.165, 1.54) is 0 Å². The third kappa shape index (κ3) is 3.39. The zero-order chi connectivity index (χ0) is 13.8. The first-order chi connectivity index (χ1) is 9.06. The highest BCUT2D eigenvalue weighted by Crippen LogP contribution is 2.22. The first kappa shape index (κ1) is 13.2. The van der Waals surface area contributed by atoms with Gasteiger partial charge in [-0.25, -0.2) is 4.79 Å². The minimum Gasteiger partial charge on any atom is -0.397 e. The number of anilines is 3. The van der Waals surface area contributed by atoms with Crippen LogP contribution in [0.1, 0.15) is 5.56 Å². The number of nitrogen functional groups attached to an aromatic ring is 1. The Bertz CT molecular complexity index is 613. The molecule has 0 atom stereocenters. The Kier molecular flexibility index (Phi) is 3.92. The number of aryl methyl sites for hydroxylation is 1. The van der Waals surface area contributed by atoms with Crippen LogP contribution in [0.5, 0.6) is 0 Å². The van der Waals surface area contributed by atoms with Gasteiger partial charge in [-0.05, 0) is 36.8 Å². The van der Waals surface area contributed by atoms with E-state index in [4.69, 9.17) is 17.3 Å². The molecule has 19 heavy (non-hydrogen) atoms. The first-order valence-corrected chi connectivity index (χ1v) is 6.13. The summed E-state index contributed by atoms with van der Waals surface area (Å²) in [6, 6.07) is 12.1. The molecule has 0 fully saturated rings. The van der Waals surface area contributed by atoms with Crippen LogP contribution in [0, 0.1) is 6.92 Å². The molecule has 4 N–H and O–H groups in total. The molecule has 98 valence electrons. The minimum atomic E-state index is -0.386. The van der Waals surface area contributed by atoms with Crippen molar-refractivity contribution in [2.75, 3.05) is 16.4 Å². The number of urea groups is 1. The fraction of sp³-hybridized carbons (Fsp3) is 0.0714. The second-order valence-electron chi connectivity index (χ2n) is 4.15.